The zero-order valence-electron chi connectivity index (χ0n) is 22.6. The van der Waals surface area contributed by atoms with Gasteiger partial charge in [0.2, 0.25) is 5.43 Å². The molecule has 0 spiro atoms. The van der Waals surface area contributed by atoms with E-state index in [1.54, 1.807) is 0 Å². The number of benzene rings is 3. The van der Waals surface area contributed by atoms with E-state index >= 15 is 0 Å². The van der Waals surface area contributed by atoms with Crippen LogP contribution in [0.4, 0.5) is 30.8 Å². The lowest BCUT2D eigenvalue weighted by molar-refractivity contribution is 0.592. The zero-order chi connectivity index (χ0) is 29.8. The van der Waals surface area contributed by atoms with Crippen molar-refractivity contribution >= 4 is 66.9 Å². The largest absolute Gasteiger partial charge is 0.302 e. The van der Waals surface area contributed by atoms with Crippen LogP contribution in [-0.4, -0.2) is 13.7 Å². The number of rotatable bonds is 5. The minimum absolute atomic E-state index is 0.166. The van der Waals surface area contributed by atoms with Gasteiger partial charge < -0.3 is 4.90 Å². The van der Waals surface area contributed by atoms with Crippen LogP contribution in [0.25, 0.3) is 32.4 Å². The molecule has 43 heavy (non-hydrogen) atoms. The van der Waals surface area contributed by atoms with Crippen LogP contribution in [0.2, 0.25) is 0 Å². The van der Waals surface area contributed by atoms with Crippen molar-refractivity contribution in [3.63, 3.8) is 0 Å². The summed E-state index contributed by atoms with van der Waals surface area (Å²) in [6.07, 6.45) is 1.43. The minimum Gasteiger partial charge on any atom is -0.302 e. The average Bonchev–Trinajstić information content (AvgIpc) is 3.72. The third-order valence-corrected chi connectivity index (χ3v) is 8.70. The summed E-state index contributed by atoms with van der Waals surface area (Å²) < 4.78 is 37.1. The average molecular weight is 608 g/mol. The van der Waals surface area contributed by atoms with Crippen molar-refractivity contribution in [3.8, 4) is 10.6 Å². The van der Waals surface area contributed by atoms with Crippen molar-refractivity contribution in [1.29, 1.82) is 0 Å². The van der Waals surface area contributed by atoms with E-state index in [-0.39, 0.29) is 16.4 Å². The summed E-state index contributed by atoms with van der Waals surface area (Å²) in [4.78, 5) is 37.1. The van der Waals surface area contributed by atoms with Crippen molar-refractivity contribution < 1.29 is 8.78 Å². The summed E-state index contributed by atoms with van der Waals surface area (Å²) in [6, 6.07) is 22.1. The fraction of sp³-hybridized carbons (Fsp3) is 0.0625. The van der Waals surface area contributed by atoms with E-state index in [1.165, 1.54) is 17.5 Å². The molecule has 0 aliphatic carbocycles. The highest BCUT2D eigenvalue weighted by Gasteiger charge is 2.21. The molecule has 0 atom stereocenters. The highest BCUT2D eigenvalue weighted by Crippen LogP contribution is 2.43. The standard InChI is InChI=1S/C32H19F2N5O2S2/c1-16-3-7-19(8-4-16)39(20-9-5-17(2)6-10-20)25-12-11-24(42-25)29-30-28(37-43-38-30)23(15-35-29)36-27-21-13-18(33)14-22(34)26(21)31(40)32(27)41/h3-15H,1-2H3. The van der Waals surface area contributed by atoms with Crippen LogP contribution in [0, 0.1) is 25.5 Å². The number of hydrogen-bond donors (Lipinski definition) is 0. The van der Waals surface area contributed by atoms with E-state index in [4.69, 9.17) is 0 Å². The quantitative estimate of drug-likeness (QED) is 0.193. The van der Waals surface area contributed by atoms with Crippen LogP contribution in [-0.2, 0) is 0 Å². The van der Waals surface area contributed by atoms with Crippen LogP contribution in [0.15, 0.2) is 93.6 Å². The van der Waals surface area contributed by atoms with Gasteiger partial charge in [-0.3, -0.25) is 14.6 Å². The Bertz CT molecular complexity index is 2290. The molecule has 3 heterocycles. The Morgan fingerprint density at radius 2 is 1.44 bits per heavy atom. The molecule has 3 aromatic heterocycles. The van der Waals surface area contributed by atoms with Gasteiger partial charge in [-0.2, -0.15) is 8.75 Å². The van der Waals surface area contributed by atoms with Gasteiger partial charge >= 0.3 is 0 Å². The second-order valence-electron chi connectivity index (χ2n) is 10.0. The molecule has 7 nitrogen and oxygen atoms in total. The lowest BCUT2D eigenvalue weighted by Gasteiger charge is -2.24. The highest BCUT2D eigenvalue weighted by atomic mass is 32.1. The van der Waals surface area contributed by atoms with Gasteiger partial charge in [0, 0.05) is 22.8 Å². The molecule has 0 radical (unpaired) electrons. The van der Waals surface area contributed by atoms with Gasteiger partial charge in [0.05, 0.1) is 28.2 Å². The number of halogens is 2. The predicted octanol–water partition coefficient (Wildman–Crippen LogP) is 7.16. The number of nitrogens with zero attached hydrogens (tertiary/aromatic N) is 5. The first-order chi connectivity index (χ1) is 20.8. The van der Waals surface area contributed by atoms with Crippen molar-refractivity contribution in [3.05, 3.63) is 128 Å². The van der Waals surface area contributed by atoms with Gasteiger partial charge in [-0.05, 0) is 56.3 Å². The van der Waals surface area contributed by atoms with Gasteiger partial charge in [-0.1, -0.05) is 35.4 Å². The first kappa shape index (κ1) is 26.9. The minimum atomic E-state index is -1.11. The maximum absolute atomic E-state index is 14.3. The van der Waals surface area contributed by atoms with Gasteiger partial charge in [-0.25, -0.2) is 13.8 Å². The molecule has 0 saturated carbocycles. The van der Waals surface area contributed by atoms with E-state index in [0.29, 0.717) is 22.8 Å². The topological polar surface area (TPSA) is 88.4 Å². The molecule has 0 aliphatic rings. The molecule has 0 saturated heterocycles. The molecular formula is C32H19F2N5O2S2. The van der Waals surface area contributed by atoms with E-state index in [9.17, 15) is 18.4 Å². The number of thiophene rings is 1. The molecule has 0 N–H and O–H groups in total. The maximum atomic E-state index is 14.3. The molecule has 11 heteroatoms. The van der Waals surface area contributed by atoms with Gasteiger partial charge in [-0.15, -0.1) is 11.3 Å². The molecule has 0 amide bonds. The Kier molecular flexibility index (Phi) is 6.48. The van der Waals surface area contributed by atoms with Crippen LogP contribution in [0.1, 0.15) is 11.1 Å². The first-order valence-corrected chi connectivity index (χ1v) is 14.7. The normalized spacial score (nSPS) is 12.0. The second-order valence-corrected chi connectivity index (χ2v) is 11.6. The summed E-state index contributed by atoms with van der Waals surface area (Å²) in [5, 5.41) is -0.0725. The molecule has 7 aromatic rings. The fourth-order valence-corrected chi connectivity index (χ4v) is 6.56. The highest BCUT2D eigenvalue weighted by molar-refractivity contribution is 7.19. The van der Waals surface area contributed by atoms with Crippen molar-refractivity contribution in [2.75, 3.05) is 4.90 Å². The summed E-state index contributed by atoms with van der Waals surface area (Å²) in [6.45, 7) is 4.10. The van der Waals surface area contributed by atoms with Crippen LogP contribution < -0.4 is 21.1 Å². The molecule has 7 rings (SSSR count). The maximum Gasteiger partial charge on any atom is 0.252 e. The molecule has 210 valence electrons. The van der Waals surface area contributed by atoms with Crippen LogP contribution >= 0.6 is 23.1 Å². The van der Waals surface area contributed by atoms with Gasteiger partial charge in [0.1, 0.15) is 44.4 Å². The first-order valence-electron chi connectivity index (χ1n) is 13.1. The summed E-state index contributed by atoms with van der Waals surface area (Å²) in [5.74, 6) is -2.02. The van der Waals surface area contributed by atoms with Crippen molar-refractivity contribution in [2.45, 2.75) is 13.8 Å². The number of aryl methyl sites for hydroxylation is 2. The zero-order valence-corrected chi connectivity index (χ0v) is 24.3. The number of aromatic nitrogens is 3. The smallest absolute Gasteiger partial charge is 0.252 e. The van der Waals surface area contributed by atoms with Crippen LogP contribution in [0.3, 0.4) is 0 Å². The summed E-state index contributed by atoms with van der Waals surface area (Å²) in [5.41, 5.74) is 3.80. The van der Waals surface area contributed by atoms with Crippen molar-refractivity contribution in [1.82, 2.24) is 13.7 Å². The Morgan fingerprint density at radius 3 is 2.12 bits per heavy atom. The van der Waals surface area contributed by atoms with Gasteiger partial charge in [0.25, 0.3) is 5.43 Å². The lowest BCUT2D eigenvalue weighted by atomic mass is 10.1. The third-order valence-electron chi connectivity index (χ3n) is 7.09. The van der Waals surface area contributed by atoms with E-state index < -0.39 is 27.9 Å². The number of anilines is 3. The van der Waals surface area contributed by atoms with Gasteiger partial charge in [0.15, 0.2) is 0 Å². The second kappa shape index (κ2) is 10.4. The van der Waals surface area contributed by atoms with E-state index in [0.717, 1.165) is 50.2 Å². The summed E-state index contributed by atoms with van der Waals surface area (Å²) in [7, 11) is 0. The number of pyridine rings is 1. The number of fused-ring (bicyclic) bond motifs is 2. The monoisotopic (exact) mass is 607 g/mol. The molecule has 4 aromatic carbocycles. The SMILES string of the molecule is Cc1ccc(N(c2ccc(C)cc2)c2ccc(-c3ncc(N=c4c(=O)c(=O)c5c(F)cc(F)cc45)c4nsnc34)s2)cc1. The predicted molar refractivity (Wildman–Crippen MR) is 167 cm³/mol. The Morgan fingerprint density at radius 1 is 0.791 bits per heavy atom. The Labute approximate surface area is 250 Å². The molecule has 0 unspecified atom stereocenters. The van der Waals surface area contributed by atoms with Crippen LogP contribution in [0.5, 0.6) is 0 Å². The van der Waals surface area contributed by atoms with E-state index in [2.05, 4.69) is 72.2 Å². The van der Waals surface area contributed by atoms with E-state index in [1.807, 2.05) is 26.0 Å². The summed E-state index contributed by atoms with van der Waals surface area (Å²) >= 11 is 2.47. The third kappa shape index (κ3) is 4.62. The Balaban J connectivity index is 1.35. The molecule has 0 aliphatic heterocycles. The van der Waals surface area contributed by atoms with Crippen molar-refractivity contribution in [2.24, 2.45) is 4.99 Å². The molecule has 0 bridgehead atoms. The Hall–Kier alpha value is -5.00. The molecular weight excluding hydrogens is 589 g/mol. The lowest BCUT2D eigenvalue weighted by Crippen LogP contribution is -2.30. The number of hydrogen-bond acceptors (Lipinski definition) is 9. The fourth-order valence-electron chi connectivity index (χ4n) is 4.95. The molecule has 0 fully saturated rings.